The molecule has 0 aliphatic heterocycles. The maximum absolute atomic E-state index is 13.1. The lowest BCUT2D eigenvalue weighted by atomic mass is 10.0. The molecule has 0 fully saturated rings. The van der Waals surface area contributed by atoms with Crippen LogP contribution in [0.15, 0.2) is 60.8 Å². The van der Waals surface area contributed by atoms with Crippen LogP contribution in [-0.2, 0) is 6.42 Å². The fourth-order valence-corrected chi connectivity index (χ4v) is 2.31. The Morgan fingerprint density at radius 1 is 0.833 bits per heavy atom. The van der Waals surface area contributed by atoms with Gasteiger partial charge in [0.15, 0.2) is 5.82 Å². The van der Waals surface area contributed by atoms with Crippen LogP contribution < -0.4 is 0 Å². The van der Waals surface area contributed by atoms with Crippen molar-refractivity contribution in [1.82, 2.24) is 4.98 Å². The number of pyridine rings is 1. The zero-order chi connectivity index (χ0) is 16.9. The minimum absolute atomic E-state index is 0.341. The summed E-state index contributed by atoms with van der Waals surface area (Å²) >= 11 is 0. The first-order valence-corrected chi connectivity index (χ1v) is 7.68. The summed E-state index contributed by atoms with van der Waals surface area (Å²) in [7, 11) is 0. The highest BCUT2D eigenvalue weighted by Gasteiger charge is 2.02. The Hall–Kier alpha value is -2.99. The Labute approximate surface area is 140 Å². The van der Waals surface area contributed by atoms with Crippen LogP contribution in [-0.4, -0.2) is 4.98 Å². The quantitative estimate of drug-likeness (QED) is 0.479. The summed E-state index contributed by atoms with van der Waals surface area (Å²) in [5, 5.41) is 0. The van der Waals surface area contributed by atoms with Crippen LogP contribution >= 0.6 is 0 Å². The van der Waals surface area contributed by atoms with Crippen LogP contribution in [0.4, 0.5) is 8.78 Å². The Kier molecular flexibility index (Phi) is 4.67. The third kappa shape index (κ3) is 3.67. The maximum Gasteiger partial charge on any atom is 0.248 e. The minimum Gasteiger partial charge on any atom is -0.224 e. The molecule has 0 aliphatic carbocycles. The molecule has 3 aromatic rings. The van der Waals surface area contributed by atoms with Crippen molar-refractivity contribution >= 4 is 0 Å². The van der Waals surface area contributed by atoms with E-state index >= 15 is 0 Å². The second-order valence-corrected chi connectivity index (χ2v) is 5.37. The molecule has 2 aromatic carbocycles. The summed E-state index contributed by atoms with van der Waals surface area (Å²) in [4.78, 5) is 3.31. The van der Waals surface area contributed by atoms with E-state index in [1.807, 2.05) is 24.3 Å². The van der Waals surface area contributed by atoms with Crippen molar-refractivity contribution < 1.29 is 8.78 Å². The lowest BCUT2D eigenvalue weighted by Crippen LogP contribution is -1.90. The van der Waals surface area contributed by atoms with Crippen LogP contribution in [0.5, 0.6) is 0 Å². The molecular weight excluding hydrogens is 304 g/mol. The molecule has 0 radical (unpaired) electrons. The van der Waals surface area contributed by atoms with E-state index in [2.05, 4.69) is 48.0 Å². The van der Waals surface area contributed by atoms with E-state index in [9.17, 15) is 8.78 Å². The van der Waals surface area contributed by atoms with E-state index in [1.54, 1.807) is 0 Å². The second kappa shape index (κ2) is 7.06. The Morgan fingerprint density at radius 3 is 2.00 bits per heavy atom. The number of nitrogens with zero attached hydrogens (tertiary/aromatic N) is 1. The third-order valence-electron chi connectivity index (χ3n) is 3.73. The van der Waals surface area contributed by atoms with Gasteiger partial charge >= 0.3 is 0 Å². The van der Waals surface area contributed by atoms with Gasteiger partial charge in [-0.3, -0.25) is 0 Å². The standard InChI is InChI=1S/C21H15F2N/c1-2-15-5-9-18(10-6-15)19-11-7-16(8-12-19)3-4-17-13-20(22)21(23)24-14-17/h5-14H,2H2,1H3. The number of benzene rings is 2. The lowest BCUT2D eigenvalue weighted by Gasteiger charge is -2.03. The molecule has 0 aliphatic rings. The van der Waals surface area contributed by atoms with Gasteiger partial charge in [0.25, 0.3) is 0 Å². The number of aryl methyl sites for hydroxylation is 1. The predicted octanol–water partition coefficient (Wildman–Crippen LogP) is 4.99. The molecule has 1 aromatic heterocycles. The van der Waals surface area contributed by atoms with E-state index in [0.717, 1.165) is 29.2 Å². The van der Waals surface area contributed by atoms with Crippen LogP contribution in [0.3, 0.4) is 0 Å². The number of aromatic nitrogens is 1. The van der Waals surface area contributed by atoms with Crippen LogP contribution in [0.25, 0.3) is 11.1 Å². The molecule has 0 bridgehead atoms. The third-order valence-corrected chi connectivity index (χ3v) is 3.73. The molecule has 3 rings (SSSR count). The van der Waals surface area contributed by atoms with E-state index in [1.165, 1.54) is 11.8 Å². The molecule has 118 valence electrons. The molecule has 1 heterocycles. The molecule has 0 saturated heterocycles. The summed E-state index contributed by atoms with van der Waals surface area (Å²) in [6, 6.07) is 17.3. The van der Waals surface area contributed by atoms with Gasteiger partial charge in [-0.1, -0.05) is 55.2 Å². The van der Waals surface area contributed by atoms with Crippen LogP contribution in [0.2, 0.25) is 0 Å². The largest absolute Gasteiger partial charge is 0.248 e. The predicted molar refractivity (Wildman–Crippen MR) is 91.4 cm³/mol. The van der Waals surface area contributed by atoms with Crippen molar-refractivity contribution in [3.8, 4) is 23.0 Å². The van der Waals surface area contributed by atoms with Gasteiger partial charge < -0.3 is 0 Å². The Balaban J connectivity index is 1.79. The first-order chi connectivity index (χ1) is 11.7. The zero-order valence-corrected chi connectivity index (χ0v) is 13.2. The molecule has 0 amide bonds. The van der Waals surface area contributed by atoms with Gasteiger partial charge in [0, 0.05) is 17.3 Å². The summed E-state index contributed by atoms with van der Waals surface area (Å²) < 4.78 is 25.9. The monoisotopic (exact) mass is 319 g/mol. The van der Waals surface area contributed by atoms with Gasteiger partial charge in [0.2, 0.25) is 5.95 Å². The van der Waals surface area contributed by atoms with Crippen molar-refractivity contribution in [3.63, 3.8) is 0 Å². The zero-order valence-electron chi connectivity index (χ0n) is 13.2. The molecule has 0 atom stereocenters. The highest BCUT2D eigenvalue weighted by molar-refractivity contribution is 5.64. The van der Waals surface area contributed by atoms with Gasteiger partial charge in [0.1, 0.15) is 0 Å². The van der Waals surface area contributed by atoms with Crippen molar-refractivity contribution in [2.45, 2.75) is 13.3 Å². The topological polar surface area (TPSA) is 12.9 Å². The number of hydrogen-bond donors (Lipinski definition) is 0. The molecule has 24 heavy (non-hydrogen) atoms. The molecule has 0 N–H and O–H groups in total. The van der Waals surface area contributed by atoms with Crippen LogP contribution in [0, 0.1) is 23.6 Å². The number of rotatable bonds is 2. The maximum atomic E-state index is 13.1. The fourth-order valence-electron chi connectivity index (χ4n) is 2.31. The molecule has 0 unspecified atom stereocenters. The van der Waals surface area contributed by atoms with Crippen molar-refractivity contribution in [2.24, 2.45) is 0 Å². The van der Waals surface area contributed by atoms with Crippen molar-refractivity contribution in [3.05, 3.63) is 89.2 Å². The summed E-state index contributed by atoms with van der Waals surface area (Å²) in [6.07, 6.45) is 2.24. The van der Waals surface area contributed by atoms with Crippen LogP contribution in [0.1, 0.15) is 23.6 Å². The number of halogens is 2. The van der Waals surface area contributed by atoms with E-state index < -0.39 is 11.8 Å². The smallest absolute Gasteiger partial charge is 0.224 e. The van der Waals surface area contributed by atoms with Crippen molar-refractivity contribution in [2.75, 3.05) is 0 Å². The minimum atomic E-state index is -1.11. The molecule has 1 nitrogen and oxygen atoms in total. The molecule has 0 spiro atoms. The molecule has 0 saturated carbocycles. The highest BCUT2D eigenvalue weighted by atomic mass is 19.2. The lowest BCUT2D eigenvalue weighted by molar-refractivity contribution is 0.479. The molecule has 3 heteroatoms. The van der Waals surface area contributed by atoms with Gasteiger partial charge in [-0.25, -0.2) is 9.37 Å². The Morgan fingerprint density at radius 2 is 1.42 bits per heavy atom. The average Bonchev–Trinajstić information content (AvgIpc) is 2.63. The first-order valence-electron chi connectivity index (χ1n) is 7.68. The molecular formula is C21H15F2N. The highest BCUT2D eigenvalue weighted by Crippen LogP contribution is 2.20. The Bertz CT molecular complexity index is 901. The van der Waals surface area contributed by atoms with Gasteiger partial charge in [-0.2, -0.15) is 4.39 Å². The first kappa shape index (κ1) is 15.9. The number of hydrogen-bond acceptors (Lipinski definition) is 1. The van der Waals surface area contributed by atoms with E-state index in [0.29, 0.717) is 5.56 Å². The normalized spacial score (nSPS) is 10.1. The summed E-state index contributed by atoms with van der Waals surface area (Å²) in [6.45, 7) is 2.13. The summed E-state index contributed by atoms with van der Waals surface area (Å²) in [5.41, 5.74) is 4.71. The van der Waals surface area contributed by atoms with Gasteiger partial charge in [-0.15, -0.1) is 0 Å². The van der Waals surface area contributed by atoms with Gasteiger partial charge in [-0.05, 0) is 41.3 Å². The fraction of sp³-hybridized carbons (Fsp3) is 0.0952. The van der Waals surface area contributed by atoms with Gasteiger partial charge in [0.05, 0.1) is 0 Å². The second-order valence-electron chi connectivity index (χ2n) is 5.37. The SMILES string of the molecule is CCc1ccc(-c2ccc(C#Cc3cnc(F)c(F)c3)cc2)cc1. The average molecular weight is 319 g/mol. The van der Waals surface area contributed by atoms with E-state index in [-0.39, 0.29) is 0 Å². The van der Waals surface area contributed by atoms with Crippen molar-refractivity contribution in [1.29, 1.82) is 0 Å². The summed E-state index contributed by atoms with van der Waals surface area (Å²) in [5.74, 6) is 3.60. The van der Waals surface area contributed by atoms with E-state index in [4.69, 9.17) is 0 Å².